The molecule has 0 N–H and O–H groups in total. The molecule has 0 saturated heterocycles. The highest BCUT2D eigenvalue weighted by molar-refractivity contribution is 6.30. The van der Waals surface area contributed by atoms with Crippen molar-refractivity contribution in [2.24, 2.45) is 0 Å². The van der Waals surface area contributed by atoms with Crippen LogP contribution in [0.2, 0.25) is 5.02 Å². The summed E-state index contributed by atoms with van der Waals surface area (Å²) in [4.78, 5) is 6.53. The summed E-state index contributed by atoms with van der Waals surface area (Å²) >= 11 is 5.84. The van der Waals surface area contributed by atoms with Gasteiger partial charge in [-0.1, -0.05) is 11.6 Å². The Morgan fingerprint density at radius 2 is 1.84 bits per heavy atom. The molecular weight excluding hydrogens is 343 g/mol. The molecule has 25 heavy (non-hydrogen) atoms. The zero-order valence-electron chi connectivity index (χ0n) is 13.8. The van der Waals surface area contributed by atoms with Crippen LogP contribution in [0, 0.1) is 5.82 Å². The molecule has 0 aliphatic heterocycles. The quantitative estimate of drug-likeness (QED) is 0.615. The number of hydrogen-bond donors (Lipinski definition) is 0. The summed E-state index contributed by atoms with van der Waals surface area (Å²) in [6.45, 7) is 1.93. The minimum absolute atomic E-state index is 0.282. The summed E-state index contributed by atoms with van der Waals surface area (Å²) in [5, 5.41) is 0.687. The van der Waals surface area contributed by atoms with E-state index in [1.807, 2.05) is 19.2 Å². The molecule has 0 atom stereocenters. The summed E-state index contributed by atoms with van der Waals surface area (Å²) in [7, 11) is 1.98. The molecule has 0 unspecified atom stereocenters. The first-order valence-corrected chi connectivity index (χ1v) is 8.25. The van der Waals surface area contributed by atoms with E-state index in [4.69, 9.17) is 20.8 Å². The molecule has 0 radical (unpaired) electrons. The lowest BCUT2D eigenvalue weighted by Crippen LogP contribution is -2.24. The van der Waals surface area contributed by atoms with E-state index in [9.17, 15) is 4.39 Å². The number of oxazole rings is 1. The predicted octanol–water partition coefficient (Wildman–Crippen LogP) is 4.64. The number of nitrogens with zero attached hydrogens (tertiary/aromatic N) is 2. The number of aromatic nitrogens is 1. The molecule has 3 aromatic rings. The molecule has 2 aromatic carbocycles. The van der Waals surface area contributed by atoms with Crippen molar-refractivity contribution in [3.63, 3.8) is 0 Å². The molecule has 0 aliphatic carbocycles. The Kier molecular flexibility index (Phi) is 5.68. The number of likely N-dealkylation sites (N-methyl/N-ethyl adjacent to an activating group) is 1. The van der Waals surface area contributed by atoms with Gasteiger partial charge in [-0.25, -0.2) is 9.37 Å². The number of halogens is 2. The van der Waals surface area contributed by atoms with Crippen molar-refractivity contribution in [2.45, 2.75) is 6.54 Å². The molecule has 0 bridgehead atoms. The molecule has 1 aromatic heterocycles. The standard InChI is InChI=1S/C19H18ClFN2O2/c1-23(10-11-24-18-8-4-15(20)5-9-18)12-17-13-25-19(22-17)14-2-6-16(21)7-3-14/h2-9,13H,10-12H2,1H3. The van der Waals surface area contributed by atoms with Gasteiger partial charge < -0.3 is 9.15 Å². The number of benzene rings is 2. The molecule has 0 spiro atoms. The molecule has 6 heteroatoms. The summed E-state index contributed by atoms with van der Waals surface area (Å²) < 4.78 is 24.1. The fourth-order valence-electron chi connectivity index (χ4n) is 2.31. The van der Waals surface area contributed by atoms with Crippen LogP contribution in [-0.4, -0.2) is 30.1 Å². The number of rotatable bonds is 7. The monoisotopic (exact) mass is 360 g/mol. The van der Waals surface area contributed by atoms with E-state index in [1.54, 1.807) is 30.5 Å². The summed E-state index contributed by atoms with van der Waals surface area (Å²) in [5.74, 6) is 0.995. The van der Waals surface area contributed by atoms with E-state index in [-0.39, 0.29) is 5.82 Å². The minimum atomic E-state index is -0.282. The van der Waals surface area contributed by atoms with Crippen molar-refractivity contribution in [1.82, 2.24) is 9.88 Å². The third-order valence-corrected chi connectivity index (χ3v) is 3.88. The van der Waals surface area contributed by atoms with Gasteiger partial charge in [0.25, 0.3) is 0 Å². The highest BCUT2D eigenvalue weighted by Gasteiger charge is 2.09. The topological polar surface area (TPSA) is 38.5 Å². The average molecular weight is 361 g/mol. The Labute approximate surface area is 150 Å². The maximum absolute atomic E-state index is 13.0. The van der Waals surface area contributed by atoms with E-state index < -0.39 is 0 Å². The molecule has 130 valence electrons. The molecule has 0 amide bonds. The second kappa shape index (κ2) is 8.14. The predicted molar refractivity (Wildman–Crippen MR) is 95.2 cm³/mol. The van der Waals surface area contributed by atoms with Crippen LogP contribution in [0.1, 0.15) is 5.69 Å². The van der Waals surface area contributed by atoms with Crippen molar-refractivity contribution >= 4 is 11.6 Å². The lowest BCUT2D eigenvalue weighted by molar-refractivity contribution is 0.231. The molecule has 3 rings (SSSR count). The first-order valence-electron chi connectivity index (χ1n) is 7.87. The van der Waals surface area contributed by atoms with Gasteiger partial charge >= 0.3 is 0 Å². The van der Waals surface area contributed by atoms with Crippen molar-refractivity contribution < 1.29 is 13.5 Å². The lowest BCUT2D eigenvalue weighted by atomic mass is 10.2. The van der Waals surface area contributed by atoms with Gasteiger partial charge in [-0.05, 0) is 55.6 Å². The fraction of sp³-hybridized carbons (Fsp3) is 0.211. The number of hydrogen-bond acceptors (Lipinski definition) is 4. The van der Waals surface area contributed by atoms with Crippen LogP contribution < -0.4 is 4.74 Å². The van der Waals surface area contributed by atoms with E-state index in [2.05, 4.69) is 9.88 Å². The van der Waals surface area contributed by atoms with Crippen molar-refractivity contribution in [3.8, 4) is 17.2 Å². The van der Waals surface area contributed by atoms with Crippen molar-refractivity contribution in [2.75, 3.05) is 20.2 Å². The summed E-state index contributed by atoms with van der Waals surface area (Å²) in [6.07, 6.45) is 1.62. The average Bonchev–Trinajstić information content (AvgIpc) is 3.06. The van der Waals surface area contributed by atoms with Gasteiger partial charge in [0, 0.05) is 23.7 Å². The second-order valence-electron chi connectivity index (χ2n) is 5.69. The maximum Gasteiger partial charge on any atom is 0.226 e. The van der Waals surface area contributed by atoms with E-state index >= 15 is 0 Å². The molecule has 0 aliphatic rings. The van der Waals surface area contributed by atoms with Gasteiger partial charge in [0.05, 0.1) is 5.69 Å². The first-order chi connectivity index (χ1) is 12.1. The number of ether oxygens (including phenoxy) is 1. The Morgan fingerprint density at radius 3 is 2.56 bits per heavy atom. The van der Waals surface area contributed by atoms with Crippen LogP contribution in [0.5, 0.6) is 5.75 Å². The zero-order chi connectivity index (χ0) is 17.6. The van der Waals surface area contributed by atoms with Crippen molar-refractivity contribution in [3.05, 3.63) is 71.3 Å². The van der Waals surface area contributed by atoms with Gasteiger partial charge in [0.15, 0.2) is 0 Å². The van der Waals surface area contributed by atoms with Crippen LogP contribution in [0.25, 0.3) is 11.5 Å². The van der Waals surface area contributed by atoms with Crippen LogP contribution in [0.15, 0.2) is 59.2 Å². The van der Waals surface area contributed by atoms with E-state index in [1.165, 1.54) is 12.1 Å². The van der Waals surface area contributed by atoms with E-state index in [0.717, 1.165) is 23.6 Å². The van der Waals surface area contributed by atoms with Gasteiger partial charge in [-0.15, -0.1) is 0 Å². The SMILES string of the molecule is CN(CCOc1ccc(Cl)cc1)Cc1coc(-c2ccc(F)cc2)n1. The van der Waals surface area contributed by atoms with Gasteiger partial charge in [-0.2, -0.15) is 0 Å². The van der Waals surface area contributed by atoms with Gasteiger partial charge in [0.2, 0.25) is 5.89 Å². The lowest BCUT2D eigenvalue weighted by Gasteiger charge is -2.15. The van der Waals surface area contributed by atoms with Crippen LogP contribution in [-0.2, 0) is 6.54 Å². The summed E-state index contributed by atoms with van der Waals surface area (Å²) in [6, 6.07) is 13.4. The molecule has 1 heterocycles. The highest BCUT2D eigenvalue weighted by Crippen LogP contribution is 2.19. The first kappa shape index (κ1) is 17.5. The fourth-order valence-corrected chi connectivity index (χ4v) is 2.44. The Hall–Kier alpha value is -2.37. The van der Waals surface area contributed by atoms with Crippen LogP contribution in [0.4, 0.5) is 4.39 Å². The van der Waals surface area contributed by atoms with Gasteiger partial charge in [0.1, 0.15) is 24.4 Å². The van der Waals surface area contributed by atoms with Gasteiger partial charge in [-0.3, -0.25) is 4.90 Å². The largest absolute Gasteiger partial charge is 0.492 e. The normalized spacial score (nSPS) is 11.0. The molecule has 4 nitrogen and oxygen atoms in total. The third-order valence-electron chi connectivity index (χ3n) is 3.63. The Balaban J connectivity index is 1.48. The highest BCUT2D eigenvalue weighted by atomic mass is 35.5. The molecular formula is C19H18ClFN2O2. The zero-order valence-corrected chi connectivity index (χ0v) is 14.5. The van der Waals surface area contributed by atoms with Crippen LogP contribution >= 0.6 is 11.6 Å². The maximum atomic E-state index is 13.0. The van der Waals surface area contributed by atoms with Crippen LogP contribution in [0.3, 0.4) is 0 Å². The summed E-state index contributed by atoms with van der Waals surface area (Å²) in [5.41, 5.74) is 1.56. The third kappa shape index (κ3) is 5.05. The smallest absolute Gasteiger partial charge is 0.226 e. The minimum Gasteiger partial charge on any atom is -0.492 e. The Bertz CT molecular complexity index is 803. The molecule has 0 fully saturated rings. The molecule has 0 saturated carbocycles. The van der Waals surface area contributed by atoms with Crippen molar-refractivity contribution in [1.29, 1.82) is 0 Å². The van der Waals surface area contributed by atoms with E-state index in [0.29, 0.717) is 24.1 Å². The Morgan fingerprint density at radius 1 is 1.12 bits per heavy atom. The second-order valence-corrected chi connectivity index (χ2v) is 6.13.